The second kappa shape index (κ2) is 5.54. The van der Waals surface area contributed by atoms with Crippen LogP contribution in [0.5, 0.6) is 0 Å². The molecule has 1 aliphatic heterocycles. The van der Waals surface area contributed by atoms with Gasteiger partial charge in [-0.15, -0.1) is 0 Å². The molecule has 18 heavy (non-hydrogen) atoms. The molecule has 0 spiro atoms. The molecule has 1 fully saturated rings. The van der Waals surface area contributed by atoms with E-state index in [0.717, 1.165) is 38.2 Å². The van der Waals surface area contributed by atoms with Crippen LogP contribution in [0.3, 0.4) is 0 Å². The summed E-state index contributed by atoms with van der Waals surface area (Å²) in [6.45, 7) is 7.15. The molecule has 1 aliphatic rings. The van der Waals surface area contributed by atoms with Crippen LogP contribution in [-0.4, -0.2) is 41.8 Å². The number of morpholine rings is 1. The number of hydrogen-bond acceptors (Lipinski definition) is 4. The van der Waals surface area contributed by atoms with Crippen LogP contribution in [0.15, 0.2) is 10.5 Å². The van der Waals surface area contributed by atoms with Crippen LogP contribution < -0.4 is 0 Å². The lowest BCUT2D eigenvalue weighted by molar-refractivity contribution is -0.0325. The van der Waals surface area contributed by atoms with Gasteiger partial charge in [-0.2, -0.15) is 0 Å². The second-order valence-corrected chi connectivity index (χ2v) is 4.63. The van der Waals surface area contributed by atoms with Gasteiger partial charge in [-0.3, -0.25) is 4.90 Å². The van der Waals surface area contributed by atoms with Gasteiger partial charge in [0.05, 0.1) is 12.7 Å². The van der Waals surface area contributed by atoms with E-state index in [-0.39, 0.29) is 11.9 Å². The molecule has 0 bridgehead atoms. The first-order valence-corrected chi connectivity index (χ1v) is 6.26. The van der Waals surface area contributed by atoms with Gasteiger partial charge in [0.1, 0.15) is 5.76 Å². The number of aryl methyl sites for hydroxylation is 1. The first kappa shape index (κ1) is 13.1. The number of rotatable bonds is 4. The second-order valence-electron chi connectivity index (χ2n) is 4.63. The van der Waals surface area contributed by atoms with Crippen LogP contribution in [-0.2, 0) is 11.3 Å². The average molecular weight is 253 g/mol. The topological polar surface area (TPSA) is 62.9 Å². The van der Waals surface area contributed by atoms with Gasteiger partial charge in [0.25, 0.3) is 0 Å². The van der Waals surface area contributed by atoms with Crippen molar-refractivity contribution in [1.82, 2.24) is 4.90 Å². The predicted octanol–water partition coefficient (Wildman–Crippen LogP) is 1.90. The lowest BCUT2D eigenvalue weighted by Crippen LogP contribution is -2.41. The van der Waals surface area contributed by atoms with E-state index in [1.807, 2.05) is 0 Å². The molecule has 1 aromatic rings. The number of hydrogen-bond donors (Lipinski definition) is 1. The van der Waals surface area contributed by atoms with E-state index in [1.54, 1.807) is 13.0 Å². The molecule has 0 radical (unpaired) electrons. The molecule has 1 aromatic heterocycles. The van der Waals surface area contributed by atoms with Crippen molar-refractivity contribution in [1.29, 1.82) is 0 Å². The minimum Gasteiger partial charge on any atom is -0.475 e. The van der Waals surface area contributed by atoms with Crippen molar-refractivity contribution in [2.75, 3.05) is 19.7 Å². The van der Waals surface area contributed by atoms with Crippen LogP contribution in [0.4, 0.5) is 0 Å². The van der Waals surface area contributed by atoms with Crippen LogP contribution in [0, 0.1) is 6.92 Å². The highest BCUT2D eigenvalue weighted by Gasteiger charge is 2.21. The number of ether oxygens (including phenoxy) is 1. The van der Waals surface area contributed by atoms with Crippen LogP contribution in [0.1, 0.15) is 35.2 Å². The zero-order valence-electron chi connectivity index (χ0n) is 10.8. The molecule has 2 heterocycles. The third kappa shape index (κ3) is 2.91. The molecule has 2 rings (SSSR count). The fraction of sp³-hybridized carbons (Fsp3) is 0.615. The highest BCUT2D eigenvalue weighted by molar-refractivity contribution is 5.84. The fourth-order valence-electron chi connectivity index (χ4n) is 2.19. The Labute approximate surface area is 106 Å². The molecule has 0 aromatic carbocycles. The Kier molecular flexibility index (Phi) is 4.04. The summed E-state index contributed by atoms with van der Waals surface area (Å²) < 4.78 is 10.8. The van der Waals surface area contributed by atoms with Crippen LogP contribution in [0.25, 0.3) is 0 Å². The largest absolute Gasteiger partial charge is 0.475 e. The van der Waals surface area contributed by atoms with Crippen molar-refractivity contribution in [2.45, 2.75) is 32.9 Å². The van der Waals surface area contributed by atoms with Crippen molar-refractivity contribution in [3.8, 4) is 0 Å². The summed E-state index contributed by atoms with van der Waals surface area (Å²) in [4.78, 5) is 13.1. The van der Waals surface area contributed by atoms with Gasteiger partial charge in [0.2, 0.25) is 5.76 Å². The van der Waals surface area contributed by atoms with E-state index in [0.29, 0.717) is 5.76 Å². The first-order chi connectivity index (χ1) is 8.60. The van der Waals surface area contributed by atoms with Crippen LogP contribution in [0.2, 0.25) is 0 Å². The maximum Gasteiger partial charge on any atom is 0.371 e. The smallest absolute Gasteiger partial charge is 0.371 e. The molecular weight excluding hydrogens is 234 g/mol. The lowest BCUT2D eigenvalue weighted by atomic mass is 10.2. The number of carboxylic acids is 1. The summed E-state index contributed by atoms with van der Waals surface area (Å²) in [6, 6.07) is 1.62. The molecule has 100 valence electrons. The molecule has 0 aliphatic carbocycles. The van der Waals surface area contributed by atoms with Crippen molar-refractivity contribution in [3.05, 3.63) is 23.2 Å². The van der Waals surface area contributed by atoms with Gasteiger partial charge in [-0.1, -0.05) is 6.92 Å². The van der Waals surface area contributed by atoms with Gasteiger partial charge < -0.3 is 14.3 Å². The SMILES string of the molecule is CCC1CN(Cc2cc(C(=O)O)oc2C)CCO1. The molecule has 5 heteroatoms. The highest BCUT2D eigenvalue weighted by Crippen LogP contribution is 2.18. The summed E-state index contributed by atoms with van der Waals surface area (Å²) in [5.74, 6) is -0.312. The third-order valence-electron chi connectivity index (χ3n) is 3.30. The average Bonchev–Trinajstić information content (AvgIpc) is 2.71. The Morgan fingerprint density at radius 1 is 1.61 bits per heavy atom. The van der Waals surface area contributed by atoms with E-state index in [4.69, 9.17) is 14.3 Å². The number of carboxylic acid groups (broad SMARTS) is 1. The van der Waals surface area contributed by atoms with Gasteiger partial charge in [-0.25, -0.2) is 4.79 Å². The molecular formula is C13H19NO4. The zero-order valence-corrected chi connectivity index (χ0v) is 10.8. The minimum absolute atomic E-state index is 0.0165. The van der Waals surface area contributed by atoms with Crippen molar-refractivity contribution >= 4 is 5.97 Å². The molecule has 0 saturated carbocycles. The Bertz CT molecular complexity index is 427. The number of aromatic carboxylic acids is 1. The molecule has 5 nitrogen and oxygen atoms in total. The van der Waals surface area contributed by atoms with E-state index in [9.17, 15) is 4.79 Å². The summed E-state index contributed by atoms with van der Waals surface area (Å²) >= 11 is 0. The van der Waals surface area contributed by atoms with Crippen molar-refractivity contribution in [2.24, 2.45) is 0 Å². The monoisotopic (exact) mass is 253 g/mol. The van der Waals surface area contributed by atoms with E-state index in [1.165, 1.54) is 0 Å². The normalized spacial score (nSPS) is 21.1. The lowest BCUT2D eigenvalue weighted by Gasteiger charge is -2.32. The molecule has 1 N–H and O–H groups in total. The Morgan fingerprint density at radius 3 is 3.00 bits per heavy atom. The fourth-order valence-corrected chi connectivity index (χ4v) is 2.19. The van der Waals surface area contributed by atoms with Crippen molar-refractivity contribution in [3.63, 3.8) is 0 Å². The standard InChI is InChI=1S/C13H19NO4/c1-3-11-8-14(4-5-17-11)7-10-6-12(13(15)16)18-9(10)2/h6,11H,3-5,7-8H2,1-2H3,(H,15,16). The van der Waals surface area contributed by atoms with Crippen LogP contribution >= 0.6 is 0 Å². The third-order valence-corrected chi connectivity index (χ3v) is 3.30. The molecule has 1 unspecified atom stereocenters. The quantitative estimate of drug-likeness (QED) is 0.887. The molecule has 1 saturated heterocycles. The minimum atomic E-state index is -1.02. The van der Waals surface area contributed by atoms with E-state index >= 15 is 0 Å². The molecule has 1 atom stereocenters. The summed E-state index contributed by atoms with van der Waals surface area (Å²) in [6.07, 6.45) is 1.28. The highest BCUT2D eigenvalue weighted by atomic mass is 16.5. The van der Waals surface area contributed by atoms with Gasteiger partial charge in [-0.05, 0) is 19.4 Å². The maximum atomic E-state index is 10.8. The Balaban J connectivity index is 2.02. The Hall–Kier alpha value is -1.33. The van der Waals surface area contributed by atoms with Gasteiger partial charge in [0, 0.05) is 25.2 Å². The van der Waals surface area contributed by atoms with Crippen molar-refractivity contribution < 1.29 is 19.1 Å². The van der Waals surface area contributed by atoms with E-state index < -0.39 is 5.97 Å². The summed E-state index contributed by atoms with van der Waals surface area (Å²) in [5, 5.41) is 8.88. The number of nitrogens with zero attached hydrogens (tertiary/aromatic N) is 1. The number of furan rings is 1. The Morgan fingerprint density at radius 2 is 2.39 bits per heavy atom. The molecule has 0 amide bonds. The summed E-state index contributed by atoms with van der Waals surface area (Å²) in [7, 11) is 0. The number of carbonyl (C=O) groups is 1. The predicted molar refractivity (Wildman–Crippen MR) is 65.7 cm³/mol. The summed E-state index contributed by atoms with van der Waals surface area (Å²) in [5.41, 5.74) is 0.948. The van der Waals surface area contributed by atoms with Gasteiger partial charge in [0.15, 0.2) is 0 Å². The zero-order chi connectivity index (χ0) is 13.1. The maximum absolute atomic E-state index is 10.8. The van der Waals surface area contributed by atoms with E-state index in [2.05, 4.69) is 11.8 Å². The van der Waals surface area contributed by atoms with Gasteiger partial charge >= 0.3 is 5.97 Å². The first-order valence-electron chi connectivity index (χ1n) is 6.26.